The number of fused-ring (bicyclic) bond motifs is 1. The third-order valence-electron chi connectivity index (χ3n) is 4.48. The summed E-state index contributed by atoms with van der Waals surface area (Å²) in [5, 5.41) is 2.17. The second-order valence-electron chi connectivity index (χ2n) is 6.39. The van der Waals surface area contributed by atoms with Gasteiger partial charge in [-0.15, -0.1) is 0 Å². The highest BCUT2D eigenvalue weighted by atomic mass is 35.5. The number of sulfone groups is 1. The molecule has 0 bridgehead atoms. The first-order chi connectivity index (χ1) is 12.4. The molecule has 1 fully saturated rings. The van der Waals surface area contributed by atoms with Crippen molar-refractivity contribution in [1.82, 2.24) is 0 Å². The van der Waals surface area contributed by atoms with Crippen molar-refractivity contribution < 1.29 is 8.42 Å². The Morgan fingerprint density at radius 3 is 2.58 bits per heavy atom. The zero-order valence-electron chi connectivity index (χ0n) is 13.7. The number of amidine groups is 1. The fraction of sp³-hybridized carbons (Fsp3) is 0.278. The fourth-order valence-electron chi connectivity index (χ4n) is 3.29. The van der Waals surface area contributed by atoms with E-state index in [2.05, 4.69) is 0 Å². The summed E-state index contributed by atoms with van der Waals surface area (Å²) in [5.41, 5.74) is 2.02. The molecule has 8 heteroatoms. The Labute approximate surface area is 167 Å². The summed E-state index contributed by atoms with van der Waals surface area (Å²) in [6.45, 7) is 0. The molecule has 2 atom stereocenters. The van der Waals surface area contributed by atoms with Gasteiger partial charge in [-0.2, -0.15) is 0 Å². The van der Waals surface area contributed by atoms with Gasteiger partial charge in [-0.05, 0) is 35.9 Å². The molecule has 0 saturated carbocycles. The molecule has 0 spiro atoms. The summed E-state index contributed by atoms with van der Waals surface area (Å²) < 4.78 is 24.1. The highest BCUT2D eigenvalue weighted by Gasteiger charge is 2.47. The van der Waals surface area contributed by atoms with Crippen LogP contribution in [0.4, 0.5) is 5.69 Å². The van der Waals surface area contributed by atoms with Gasteiger partial charge in [-0.3, -0.25) is 4.99 Å². The van der Waals surface area contributed by atoms with E-state index in [1.807, 2.05) is 53.4 Å². The van der Waals surface area contributed by atoms with Gasteiger partial charge in [0.15, 0.2) is 15.0 Å². The van der Waals surface area contributed by atoms with Gasteiger partial charge >= 0.3 is 0 Å². The molecule has 0 N–H and O–H groups in total. The lowest BCUT2D eigenvalue weighted by atomic mass is 10.1. The number of anilines is 1. The largest absolute Gasteiger partial charge is 0.315 e. The van der Waals surface area contributed by atoms with Gasteiger partial charge < -0.3 is 4.90 Å². The van der Waals surface area contributed by atoms with E-state index >= 15 is 0 Å². The van der Waals surface area contributed by atoms with E-state index in [0.717, 1.165) is 22.2 Å². The Morgan fingerprint density at radius 2 is 1.85 bits per heavy atom. The number of halogens is 2. The van der Waals surface area contributed by atoms with Crippen molar-refractivity contribution in [2.45, 2.75) is 17.8 Å². The van der Waals surface area contributed by atoms with Gasteiger partial charge in [-0.1, -0.05) is 53.2 Å². The monoisotopic (exact) mass is 426 g/mol. The number of benzene rings is 2. The minimum absolute atomic E-state index is 0.111. The molecular weight excluding hydrogens is 411 g/mol. The maximum Gasteiger partial charge on any atom is 0.164 e. The van der Waals surface area contributed by atoms with Crippen molar-refractivity contribution in [2.75, 3.05) is 16.4 Å². The zero-order valence-corrected chi connectivity index (χ0v) is 16.8. The molecule has 2 aliphatic heterocycles. The molecule has 2 aromatic carbocycles. The quantitative estimate of drug-likeness (QED) is 0.734. The molecular formula is C18H16Cl2N2O2S2. The minimum Gasteiger partial charge on any atom is -0.315 e. The van der Waals surface area contributed by atoms with Gasteiger partial charge in [-0.25, -0.2) is 8.42 Å². The number of hydrogen-bond acceptors (Lipinski definition) is 5. The van der Waals surface area contributed by atoms with Crippen LogP contribution < -0.4 is 4.90 Å². The van der Waals surface area contributed by atoms with E-state index in [-0.39, 0.29) is 23.6 Å². The zero-order chi connectivity index (χ0) is 18.3. The normalized spacial score (nSPS) is 23.8. The average Bonchev–Trinajstić information content (AvgIpc) is 3.05. The van der Waals surface area contributed by atoms with Crippen molar-refractivity contribution in [3.8, 4) is 0 Å². The number of hydrogen-bond donors (Lipinski definition) is 0. The summed E-state index contributed by atoms with van der Waals surface area (Å²) >= 11 is 13.7. The predicted octanol–water partition coefficient (Wildman–Crippen LogP) is 4.27. The molecule has 0 amide bonds. The SMILES string of the molecule is O=S1(=O)CC2N=C(SCc3ccc(Cl)cc3)N(c3cccc(Cl)c3)C2C1. The lowest BCUT2D eigenvalue weighted by Gasteiger charge is -2.26. The fourth-order valence-corrected chi connectivity index (χ4v) is 6.52. The first-order valence-electron chi connectivity index (χ1n) is 8.11. The lowest BCUT2D eigenvalue weighted by Crippen LogP contribution is -2.39. The van der Waals surface area contributed by atoms with Crippen LogP contribution in [0.15, 0.2) is 53.5 Å². The number of aliphatic imine (C=N–C) groups is 1. The number of nitrogens with zero attached hydrogens (tertiary/aromatic N) is 2. The Hall–Kier alpha value is -1.21. The van der Waals surface area contributed by atoms with Crippen molar-refractivity contribution in [1.29, 1.82) is 0 Å². The van der Waals surface area contributed by atoms with Crippen molar-refractivity contribution >= 4 is 55.7 Å². The Bertz CT molecular complexity index is 961. The van der Waals surface area contributed by atoms with Crippen molar-refractivity contribution in [3.63, 3.8) is 0 Å². The molecule has 2 heterocycles. The Balaban J connectivity index is 1.61. The molecule has 4 rings (SSSR count). The topological polar surface area (TPSA) is 49.7 Å². The van der Waals surface area contributed by atoms with Gasteiger partial charge in [0.25, 0.3) is 0 Å². The molecule has 2 unspecified atom stereocenters. The van der Waals surface area contributed by atoms with Crippen LogP contribution >= 0.6 is 35.0 Å². The van der Waals surface area contributed by atoms with Gasteiger partial charge in [0.2, 0.25) is 0 Å². The molecule has 26 heavy (non-hydrogen) atoms. The van der Waals surface area contributed by atoms with Gasteiger partial charge in [0, 0.05) is 21.5 Å². The third kappa shape index (κ3) is 3.74. The van der Waals surface area contributed by atoms with Crippen LogP contribution in [0.3, 0.4) is 0 Å². The van der Waals surface area contributed by atoms with Crippen LogP contribution in [0.5, 0.6) is 0 Å². The summed E-state index contributed by atoms with van der Waals surface area (Å²) in [6, 6.07) is 14.8. The van der Waals surface area contributed by atoms with E-state index < -0.39 is 9.84 Å². The highest BCUT2D eigenvalue weighted by molar-refractivity contribution is 8.13. The van der Waals surface area contributed by atoms with Crippen LogP contribution in [0.1, 0.15) is 5.56 Å². The summed E-state index contributed by atoms with van der Waals surface area (Å²) in [7, 11) is -3.06. The first kappa shape index (κ1) is 18.2. The summed E-state index contributed by atoms with van der Waals surface area (Å²) in [6.07, 6.45) is 0. The third-order valence-corrected chi connectivity index (χ3v) is 7.70. The van der Waals surface area contributed by atoms with Crippen LogP contribution in [0.25, 0.3) is 0 Å². The molecule has 1 saturated heterocycles. The standard InChI is InChI=1S/C18H16Cl2N2O2S2/c19-13-6-4-12(5-7-13)9-25-18-21-16-10-26(23,24)11-17(16)22(18)15-3-1-2-14(20)8-15/h1-8,16-17H,9-11H2. The summed E-state index contributed by atoms with van der Waals surface area (Å²) in [5.74, 6) is 0.970. The van der Waals surface area contributed by atoms with Crippen LogP contribution in [-0.4, -0.2) is 37.2 Å². The molecule has 0 aromatic heterocycles. The maximum absolute atomic E-state index is 12.1. The van der Waals surface area contributed by atoms with E-state index in [4.69, 9.17) is 28.2 Å². The van der Waals surface area contributed by atoms with E-state index in [1.165, 1.54) is 0 Å². The predicted molar refractivity (Wildman–Crippen MR) is 110 cm³/mol. The average molecular weight is 427 g/mol. The van der Waals surface area contributed by atoms with Crippen LogP contribution in [-0.2, 0) is 15.6 Å². The van der Waals surface area contributed by atoms with Crippen LogP contribution in [0.2, 0.25) is 10.0 Å². The summed E-state index contributed by atoms with van der Waals surface area (Å²) in [4.78, 5) is 6.75. The number of thioether (sulfide) groups is 1. The Kier molecular flexibility index (Phi) is 4.94. The van der Waals surface area contributed by atoms with Crippen molar-refractivity contribution in [3.05, 3.63) is 64.1 Å². The second kappa shape index (κ2) is 7.08. The smallest absolute Gasteiger partial charge is 0.164 e. The lowest BCUT2D eigenvalue weighted by molar-refractivity contribution is 0.601. The molecule has 0 aliphatic carbocycles. The van der Waals surface area contributed by atoms with Gasteiger partial charge in [0.05, 0.1) is 23.6 Å². The molecule has 136 valence electrons. The van der Waals surface area contributed by atoms with E-state index in [0.29, 0.717) is 10.0 Å². The molecule has 2 aliphatic rings. The Morgan fingerprint density at radius 1 is 1.08 bits per heavy atom. The molecule has 0 radical (unpaired) electrons. The molecule has 4 nitrogen and oxygen atoms in total. The highest BCUT2D eigenvalue weighted by Crippen LogP contribution is 2.36. The van der Waals surface area contributed by atoms with Gasteiger partial charge in [0.1, 0.15) is 0 Å². The second-order valence-corrected chi connectivity index (χ2v) is 10.4. The maximum atomic E-state index is 12.1. The molecule has 2 aromatic rings. The number of rotatable bonds is 3. The van der Waals surface area contributed by atoms with E-state index in [1.54, 1.807) is 11.8 Å². The van der Waals surface area contributed by atoms with Crippen LogP contribution in [0, 0.1) is 0 Å². The minimum atomic E-state index is -3.06. The first-order valence-corrected chi connectivity index (χ1v) is 11.7. The van der Waals surface area contributed by atoms with Crippen molar-refractivity contribution in [2.24, 2.45) is 4.99 Å². The van der Waals surface area contributed by atoms with E-state index in [9.17, 15) is 8.42 Å².